The number of nitrogens with zero attached hydrogens (tertiary/aromatic N) is 7. The van der Waals surface area contributed by atoms with Crippen LogP contribution in [0, 0.1) is 17.0 Å². The molecule has 1 aliphatic rings. The van der Waals surface area contributed by atoms with Crippen molar-refractivity contribution < 1.29 is 14.4 Å². The molecule has 0 bridgehead atoms. The zero-order chi connectivity index (χ0) is 28.7. The first kappa shape index (κ1) is 27.4. The first-order valence-electron chi connectivity index (χ1n) is 11.7. The maximum Gasteiger partial charge on any atom is 0.293 e. The summed E-state index contributed by atoms with van der Waals surface area (Å²) in [7, 11) is 4.76. The van der Waals surface area contributed by atoms with E-state index in [1.54, 1.807) is 65.2 Å². The molecule has 0 saturated carbocycles. The third-order valence-corrected chi connectivity index (χ3v) is 7.39. The van der Waals surface area contributed by atoms with Crippen LogP contribution in [0.5, 0.6) is 11.5 Å². The number of hydrogen-bond acceptors (Lipinski definition) is 9. The highest BCUT2D eigenvalue weighted by molar-refractivity contribution is 7.80. The summed E-state index contributed by atoms with van der Waals surface area (Å²) in [6.07, 6.45) is 5.03. The van der Waals surface area contributed by atoms with Crippen LogP contribution >= 0.6 is 35.4 Å². The molecule has 0 spiro atoms. The lowest BCUT2D eigenvalue weighted by Crippen LogP contribution is -2.45. The highest BCUT2D eigenvalue weighted by Gasteiger charge is 2.35. The summed E-state index contributed by atoms with van der Waals surface area (Å²) in [4.78, 5) is 23.8. The topological polar surface area (TPSA) is 124 Å². The highest BCUT2D eigenvalue weighted by atomic mass is 35.5. The number of anilines is 5. The summed E-state index contributed by atoms with van der Waals surface area (Å²) >= 11 is 19.5. The van der Waals surface area contributed by atoms with Crippen LogP contribution in [0.3, 0.4) is 0 Å². The standard InChI is InChI=1S/C25H22Cl2N8O4S/c1-13-6-5-7-16(35(36)37)21(13)30-24-28-9-14-11-33(22-19(26)17(38-3)8-18(39-4)20(22)27)25(40)34(23(14)31-24)15-10-29-32(2)12-15/h5-10,12H,11H2,1-4H3,(H,28,30,31). The average Bonchev–Trinajstić information content (AvgIpc) is 3.35. The molecule has 2 aromatic heterocycles. The Morgan fingerprint density at radius 2 is 1.85 bits per heavy atom. The van der Waals surface area contributed by atoms with Gasteiger partial charge in [0.05, 0.1) is 43.3 Å². The Morgan fingerprint density at radius 3 is 2.45 bits per heavy atom. The van der Waals surface area contributed by atoms with Gasteiger partial charge < -0.3 is 19.7 Å². The van der Waals surface area contributed by atoms with Crippen LogP contribution in [-0.4, -0.2) is 44.0 Å². The number of ether oxygens (including phenoxy) is 2. The van der Waals surface area contributed by atoms with Crippen molar-refractivity contribution in [2.24, 2.45) is 7.05 Å². The van der Waals surface area contributed by atoms with Gasteiger partial charge in [0.15, 0.2) is 5.11 Å². The summed E-state index contributed by atoms with van der Waals surface area (Å²) in [6.45, 7) is 1.98. The summed E-state index contributed by atoms with van der Waals surface area (Å²) in [5.41, 5.74) is 2.55. The van der Waals surface area contributed by atoms with Gasteiger partial charge in [-0.3, -0.25) is 19.7 Å². The molecule has 40 heavy (non-hydrogen) atoms. The minimum Gasteiger partial charge on any atom is -0.495 e. The van der Waals surface area contributed by atoms with E-state index >= 15 is 0 Å². The summed E-state index contributed by atoms with van der Waals surface area (Å²) in [6, 6.07) is 6.39. The molecule has 206 valence electrons. The van der Waals surface area contributed by atoms with Crippen LogP contribution in [0.15, 0.2) is 42.9 Å². The average molecular weight is 601 g/mol. The molecule has 4 aromatic rings. The fourth-order valence-corrected chi connectivity index (χ4v) is 5.38. The maximum absolute atomic E-state index is 11.6. The number of nitrogens with one attached hydrogen (secondary N) is 1. The lowest BCUT2D eigenvalue weighted by Gasteiger charge is -2.39. The van der Waals surface area contributed by atoms with Crippen LogP contribution in [0.1, 0.15) is 11.1 Å². The monoisotopic (exact) mass is 600 g/mol. The second-order valence-electron chi connectivity index (χ2n) is 8.73. The number of thiocarbonyl (C=S) groups is 1. The van der Waals surface area contributed by atoms with Crippen LogP contribution in [0.2, 0.25) is 10.0 Å². The van der Waals surface area contributed by atoms with Gasteiger partial charge in [-0.25, -0.2) is 4.98 Å². The van der Waals surface area contributed by atoms with E-state index in [2.05, 4.69) is 15.4 Å². The molecule has 1 N–H and O–H groups in total. The van der Waals surface area contributed by atoms with Crippen LogP contribution in [0.25, 0.3) is 0 Å². The number of rotatable bonds is 7. The van der Waals surface area contributed by atoms with Crippen molar-refractivity contribution in [2.75, 3.05) is 29.3 Å². The molecule has 0 saturated heterocycles. The smallest absolute Gasteiger partial charge is 0.293 e. The molecule has 12 nitrogen and oxygen atoms in total. The van der Waals surface area contributed by atoms with Gasteiger partial charge in [-0.05, 0) is 24.7 Å². The number of hydrogen-bond donors (Lipinski definition) is 1. The number of aromatic nitrogens is 4. The highest BCUT2D eigenvalue weighted by Crippen LogP contribution is 2.48. The minimum absolute atomic E-state index is 0.0941. The minimum atomic E-state index is -0.460. The number of nitro groups is 1. The molecule has 5 rings (SSSR count). The van der Waals surface area contributed by atoms with E-state index in [9.17, 15) is 10.1 Å². The number of fused-ring (bicyclic) bond motifs is 1. The van der Waals surface area contributed by atoms with Gasteiger partial charge in [-0.2, -0.15) is 10.1 Å². The third-order valence-electron chi connectivity index (χ3n) is 6.26. The number of nitro benzene ring substituents is 1. The molecule has 0 fully saturated rings. The van der Waals surface area contributed by atoms with E-state index in [1.165, 1.54) is 20.3 Å². The van der Waals surface area contributed by atoms with E-state index in [1.807, 2.05) is 0 Å². The quantitative estimate of drug-likeness (QED) is 0.154. The second kappa shape index (κ2) is 10.8. The lowest BCUT2D eigenvalue weighted by atomic mass is 10.1. The van der Waals surface area contributed by atoms with E-state index in [4.69, 9.17) is 49.9 Å². The van der Waals surface area contributed by atoms with Gasteiger partial charge in [0.2, 0.25) is 5.95 Å². The number of benzene rings is 2. The van der Waals surface area contributed by atoms with E-state index in [0.29, 0.717) is 50.6 Å². The predicted molar refractivity (Wildman–Crippen MR) is 157 cm³/mol. The van der Waals surface area contributed by atoms with Crippen molar-refractivity contribution in [3.8, 4) is 11.5 Å². The Morgan fingerprint density at radius 1 is 1.15 bits per heavy atom. The molecule has 0 atom stereocenters. The molecule has 0 amide bonds. The summed E-state index contributed by atoms with van der Waals surface area (Å²) < 4.78 is 12.5. The van der Waals surface area contributed by atoms with Crippen LogP contribution < -0.4 is 24.6 Å². The number of halogens is 2. The van der Waals surface area contributed by atoms with Crippen LogP contribution in [0.4, 0.5) is 34.5 Å². The van der Waals surface area contributed by atoms with Gasteiger partial charge in [-0.15, -0.1) is 0 Å². The van der Waals surface area contributed by atoms with E-state index < -0.39 is 4.92 Å². The number of aryl methyl sites for hydroxylation is 2. The third kappa shape index (κ3) is 4.72. The largest absolute Gasteiger partial charge is 0.495 e. The van der Waals surface area contributed by atoms with Gasteiger partial charge in [-0.1, -0.05) is 35.3 Å². The molecule has 2 aromatic carbocycles. The Balaban J connectivity index is 1.65. The predicted octanol–water partition coefficient (Wildman–Crippen LogP) is 5.94. The fourth-order valence-electron chi connectivity index (χ4n) is 4.33. The van der Waals surface area contributed by atoms with Gasteiger partial charge in [0.25, 0.3) is 5.69 Å². The Kier molecular flexibility index (Phi) is 7.36. The SMILES string of the molecule is COc1cc(OC)c(Cl)c(N2Cc3cnc(Nc4c(C)cccc4[N+](=O)[O-])nc3N(c3cnn(C)c3)C2=S)c1Cl. The zero-order valence-electron chi connectivity index (χ0n) is 21.7. The van der Waals surface area contributed by atoms with E-state index in [-0.39, 0.29) is 28.2 Å². The molecular weight excluding hydrogens is 579 g/mol. The van der Waals surface area contributed by atoms with Crippen molar-refractivity contribution >= 4 is 75.0 Å². The normalized spacial score (nSPS) is 12.8. The summed E-state index contributed by atoms with van der Waals surface area (Å²) in [5.74, 6) is 1.33. The number of para-hydroxylation sites is 1. The molecule has 3 heterocycles. The van der Waals surface area contributed by atoms with Crippen molar-refractivity contribution in [2.45, 2.75) is 13.5 Å². The molecular formula is C25H22Cl2N8O4S. The van der Waals surface area contributed by atoms with Crippen molar-refractivity contribution in [3.63, 3.8) is 0 Å². The summed E-state index contributed by atoms with van der Waals surface area (Å²) in [5, 5.41) is 19.7. The zero-order valence-corrected chi connectivity index (χ0v) is 24.0. The van der Waals surface area contributed by atoms with Gasteiger partial charge >= 0.3 is 0 Å². The van der Waals surface area contributed by atoms with Crippen molar-refractivity contribution in [1.29, 1.82) is 0 Å². The Bertz CT molecular complexity index is 1640. The van der Waals surface area contributed by atoms with Gasteiger partial charge in [0, 0.05) is 37.1 Å². The van der Waals surface area contributed by atoms with Crippen molar-refractivity contribution in [1.82, 2.24) is 19.7 Å². The first-order chi connectivity index (χ1) is 19.1. The van der Waals surface area contributed by atoms with Crippen LogP contribution in [-0.2, 0) is 13.6 Å². The first-order valence-corrected chi connectivity index (χ1v) is 12.9. The fraction of sp³-hybridized carbons (Fsp3) is 0.200. The maximum atomic E-state index is 11.6. The number of methoxy groups -OCH3 is 2. The Hall–Kier alpha value is -4.20. The molecule has 15 heteroatoms. The van der Waals surface area contributed by atoms with E-state index in [0.717, 1.165) is 0 Å². The molecule has 1 aliphatic heterocycles. The van der Waals surface area contributed by atoms with Gasteiger partial charge in [0.1, 0.15) is 33.0 Å². The van der Waals surface area contributed by atoms with Crippen molar-refractivity contribution in [3.05, 3.63) is 74.1 Å². The Labute approximate surface area is 244 Å². The molecule has 0 aliphatic carbocycles. The lowest BCUT2D eigenvalue weighted by molar-refractivity contribution is -0.384. The second-order valence-corrected chi connectivity index (χ2v) is 9.85. The molecule has 0 radical (unpaired) electrons. The molecule has 0 unspecified atom stereocenters.